The molecule has 106 valence electrons. The van der Waals surface area contributed by atoms with Crippen LogP contribution in [0.3, 0.4) is 0 Å². The van der Waals surface area contributed by atoms with E-state index in [0.29, 0.717) is 15.6 Å². The lowest BCUT2D eigenvalue weighted by atomic mass is 10.2. The first kappa shape index (κ1) is 14.3. The minimum Gasteiger partial charge on any atom is -0.268 e. The normalized spacial score (nSPS) is 10.8. The van der Waals surface area contributed by atoms with Gasteiger partial charge in [0.05, 0.1) is 11.4 Å². The van der Waals surface area contributed by atoms with Crippen molar-refractivity contribution in [3.63, 3.8) is 0 Å². The third-order valence-electron chi connectivity index (χ3n) is 3.01. The zero-order valence-corrected chi connectivity index (χ0v) is 13.1. The Morgan fingerprint density at radius 3 is 2.48 bits per heavy atom. The number of thiophene rings is 1. The molecule has 2 aromatic heterocycles. The topological polar surface area (TPSA) is 34.9 Å². The van der Waals surface area contributed by atoms with Gasteiger partial charge in [-0.15, -0.1) is 11.3 Å². The van der Waals surface area contributed by atoms with Crippen molar-refractivity contribution < 1.29 is 0 Å². The van der Waals surface area contributed by atoms with Crippen LogP contribution in [0.1, 0.15) is 5.56 Å². The van der Waals surface area contributed by atoms with Crippen LogP contribution < -0.4 is 5.56 Å². The molecule has 0 radical (unpaired) electrons. The van der Waals surface area contributed by atoms with Crippen LogP contribution >= 0.6 is 34.5 Å². The highest BCUT2D eigenvalue weighted by atomic mass is 35.5. The van der Waals surface area contributed by atoms with Crippen LogP contribution in [0.15, 0.2) is 52.6 Å². The van der Waals surface area contributed by atoms with Crippen molar-refractivity contribution >= 4 is 34.5 Å². The molecule has 21 heavy (non-hydrogen) atoms. The smallest absolute Gasteiger partial charge is 0.267 e. The summed E-state index contributed by atoms with van der Waals surface area (Å²) in [4.78, 5) is 13.0. The van der Waals surface area contributed by atoms with Crippen LogP contribution in [0.5, 0.6) is 0 Å². The summed E-state index contributed by atoms with van der Waals surface area (Å²) in [5.41, 5.74) is 1.26. The first-order valence-electron chi connectivity index (χ1n) is 6.20. The molecule has 0 atom stereocenters. The van der Waals surface area contributed by atoms with Gasteiger partial charge in [0.15, 0.2) is 0 Å². The standard InChI is InChI=1S/C15H10Cl2N2OS/c16-11-3-1-4-12(17)10(11)9-19-15(20)7-6-13(18-19)14-5-2-8-21-14/h1-8H,9H2. The number of hydrogen-bond donors (Lipinski definition) is 0. The highest BCUT2D eigenvalue weighted by Gasteiger charge is 2.09. The van der Waals surface area contributed by atoms with Gasteiger partial charge in [0, 0.05) is 21.7 Å². The summed E-state index contributed by atoms with van der Waals surface area (Å²) in [6, 6.07) is 12.4. The summed E-state index contributed by atoms with van der Waals surface area (Å²) in [6.07, 6.45) is 0. The monoisotopic (exact) mass is 336 g/mol. The van der Waals surface area contributed by atoms with E-state index in [2.05, 4.69) is 5.10 Å². The molecule has 0 aliphatic carbocycles. The lowest BCUT2D eigenvalue weighted by molar-refractivity contribution is 0.643. The number of rotatable bonds is 3. The Morgan fingerprint density at radius 1 is 1.05 bits per heavy atom. The zero-order valence-electron chi connectivity index (χ0n) is 10.8. The van der Waals surface area contributed by atoms with Crippen molar-refractivity contribution in [2.75, 3.05) is 0 Å². The fourth-order valence-electron chi connectivity index (χ4n) is 1.95. The third kappa shape index (κ3) is 3.02. The minimum absolute atomic E-state index is 0.189. The number of halogens is 2. The van der Waals surface area contributed by atoms with E-state index >= 15 is 0 Å². The van der Waals surface area contributed by atoms with Crippen molar-refractivity contribution in [2.24, 2.45) is 0 Å². The third-order valence-corrected chi connectivity index (χ3v) is 4.61. The average molecular weight is 337 g/mol. The molecule has 0 saturated carbocycles. The highest BCUT2D eigenvalue weighted by molar-refractivity contribution is 7.13. The molecule has 0 saturated heterocycles. The van der Waals surface area contributed by atoms with Gasteiger partial charge in [-0.05, 0) is 29.6 Å². The van der Waals surface area contributed by atoms with Crippen molar-refractivity contribution in [2.45, 2.75) is 6.54 Å². The second kappa shape index (κ2) is 6.02. The van der Waals surface area contributed by atoms with Crippen molar-refractivity contribution in [3.8, 4) is 10.6 Å². The van der Waals surface area contributed by atoms with Crippen molar-refractivity contribution in [1.82, 2.24) is 9.78 Å². The van der Waals surface area contributed by atoms with Crippen molar-refractivity contribution in [1.29, 1.82) is 0 Å². The lowest BCUT2D eigenvalue weighted by Gasteiger charge is -2.09. The van der Waals surface area contributed by atoms with Gasteiger partial charge in [0.25, 0.3) is 5.56 Å². The molecule has 0 N–H and O–H groups in total. The molecule has 0 spiro atoms. The SMILES string of the molecule is O=c1ccc(-c2cccs2)nn1Cc1c(Cl)cccc1Cl. The molecule has 0 unspecified atom stereocenters. The Hall–Kier alpha value is -1.62. The van der Waals surface area contributed by atoms with Crippen LogP contribution in [0, 0.1) is 0 Å². The number of nitrogens with zero attached hydrogens (tertiary/aromatic N) is 2. The molecular formula is C15H10Cl2N2OS. The van der Waals surface area contributed by atoms with E-state index in [9.17, 15) is 4.79 Å². The number of benzene rings is 1. The number of hydrogen-bond acceptors (Lipinski definition) is 3. The van der Waals surface area contributed by atoms with E-state index in [-0.39, 0.29) is 12.1 Å². The van der Waals surface area contributed by atoms with Crippen LogP contribution in [-0.4, -0.2) is 9.78 Å². The summed E-state index contributed by atoms with van der Waals surface area (Å²) in [7, 11) is 0. The van der Waals surface area contributed by atoms with E-state index in [0.717, 1.165) is 10.6 Å². The van der Waals surface area contributed by atoms with E-state index in [1.54, 1.807) is 35.6 Å². The fourth-order valence-corrected chi connectivity index (χ4v) is 3.16. The Kier molecular flexibility index (Phi) is 4.10. The molecule has 6 heteroatoms. The van der Waals surface area contributed by atoms with Crippen molar-refractivity contribution in [3.05, 3.63) is 73.8 Å². The second-order valence-corrected chi connectivity index (χ2v) is 6.15. The molecule has 0 fully saturated rings. The Morgan fingerprint density at radius 2 is 1.81 bits per heavy atom. The van der Waals surface area contributed by atoms with Gasteiger partial charge in [-0.2, -0.15) is 5.10 Å². The Labute approximate surface area is 135 Å². The largest absolute Gasteiger partial charge is 0.268 e. The molecule has 2 heterocycles. The van der Waals surface area contributed by atoms with E-state index in [1.807, 2.05) is 17.5 Å². The maximum absolute atomic E-state index is 12.0. The van der Waals surface area contributed by atoms with Gasteiger partial charge in [-0.25, -0.2) is 4.68 Å². The van der Waals surface area contributed by atoms with Gasteiger partial charge in [0.1, 0.15) is 5.69 Å². The molecule has 0 aliphatic heterocycles. The lowest BCUT2D eigenvalue weighted by Crippen LogP contribution is -2.23. The maximum atomic E-state index is 12.0. The zero-order chi connectivity index (χ0) is 14.8. The first-order valence-corrected chi connectivity index (χ1v) is 7.83. The van der Waals surface area contributed by atoms with Crippen LogP contribution in [0.4, 0.5) is 0 Å². The molecular weight excluding hydrogens is 327 g/mol. The summed E-state index contributed by atoms with van der Waals surface area (Å²) < 4.78 is 1.38. The number of aromatic nitrogens is 2. The summed E-state index contributed by atoms with van der Waals surface area (Å²) >= 11 is 13.9. The predicted octanol–water partition coefficient (Wildman–Crippen LogP) is 4.33. The van der Waals surface area contributed by atoms with Crippen LogP contribution in [-0.2, 0) is 6.54 Å². The fraction of sp³-hybridized carbons (Fsp3) is 0.0667. The summed E-state index contributed by atoms with van der Waals surface area (Å²) in [5, 5.41) is 7.41. The van der Waals surface area contributed by atoms with Gasteiger partial charge in [0.2, 0.25) is 0 Å². The Bertz CT molecular complexity index is 808. The Balaban J connectivity index is 2.03. The molecule has 3 rings (SSSR count). The quantitative estimate of drug-likeness (QED) is 0.713. The molecule has 3 aromatic rings. The summed E-state index contributed by atoms with van der Waals surface area (Å²) in [5.74, 6) is 0. The highest BCUT2D eigenvalue weighted by Crippen LogP contribution is 2.25. The van der Waals surface area contributed by atoms with Crippen LogP contribution in [0.25, 0.3) is 10.6 Å². The molecule has 3 nitrogen and oxygen atoms in total. The second-order valence-electron chi connectivity index (χ2n) is 4.39. The van der Waals surface area contributed by atoms with Crippen LogP contribution in [0.2, 0.25) is 10.0 Å². The van der Waals surface area contributed by atoms with Gasteiger partial charge >= 0.3 is 0 Å². The van der Waals surface area contributed by atoms with E-state index < -0.39 is 0 Å². The van der Waals surface area contributed by atoms with Gasteiger partial charge in [-0.1, -0.05) is 35.3 Å². The molecule has 0 bridgehead atoms. The predicted molar refractivity (Wildman–Crippen MR) is 87.4 cm³/mol. The molecule has 0 aliphatic rings. The maximum Gasteiger partial charge on any atom is 0.267 e. The van der Waals surface area contributed by atoms with E-state index in [1.165, 1.54) is 10.7 Å². The molecule has 1 aromatic carbocycles. The average Bonchev–Trinajstić information content (AvgIpc) is 2.99. The van der Waals surface area contributed by atoms with E-state index in [4.69, 9.17) is 23.2 Å². The molecule has 0 amide bonds. The van der Waals surface area contributed by atoms with Gasteiger partial charge in [-0.3, -0.25) is 4.79 Å². The van der Waals surface area contributed by atoms with Gasteiger partial charge < -0.3 is 0 Å². The first-order chi connectivity index (χ1) is 10.1. The summed E-state index contributed by atoms with van der Waals surface area (Å²) in [6.45, 7) is 0.247. The minimum atomic E-state index is -0.189.